The van der Waals surface area contributed by atoms with Crippen LogP contribution in [0.5, 0.6) is 0 Å². The maximum Gasteiger partial charge on any atom is 0.315 e. The second-order valence-corrected chi connectivity index (χ2v) is 12.0. The third-order valence-corrected chi connectivity index (χ3v) is 9.64. The molecule has 0 radical (unpaired) electrons. The smallest absolute Gasteiger partial charge is 0.315 e. The summed E-state index contributed by atoms with van der Waals surface area (Å²) in [6.07, 6.45) is 6.16. The standard InChI is InChI=1S/C20H31NO4S/c1-13-5-4-6-19(2)10-17-14(9-16(13)19)15(18(22)25-17)11-21-20(3)7-8-26(23,24)12-20/h14-17,21H,1,4-12H2,2-3H3/p+1/t14-,15-,16+,17+,19-,20+/m0/s1. The highest BCUT2D eigenvalue weighted by Crippen LogP contribution is 2.56. The average molecular weight is 383 g/mol. The molecule has 4 fully saturated rings. The Bertz CT molecular complexity index is 732. The summed E-state index contributed by atoms with van der Waals surface area (Å²) < 4.78 is 29.5. The minimum Gasteiger partial charge on any atom is -0.462 e. The van der Waals surface area contributed by atoms with Crippen molar-refractivity contribution in [2.75, 3.05) is 18.1 Å². The van der Waals surface area contributed by atoms with Crippen LogP contribution in [0.15, 0.2) is 12.2 Å². The predicted molar refractivity (Wildman–Crippen MR) is 99.2 cm³/mol. The number of sulfone groups is 1. The quantitative estimate of drug-likeness (QED) is 0.592. The van der Waals surface area contributed by atoms with Crippen LogP contribution in [0.3, 0.4) is 0 Å². The van der Waals surface area contributed by atoms with Gasteiger partial charge in [-0.15, -0.1) is 0 Å². The molecule has 0 unspecified atom stereocenters. The third kappa shape index (κ3) is 3.13. The maximum absolute atomic E-state index is 12.6. The Labute approximate surface area is 156 Å². The fraction of sp³-hybridized carbons (Fsp3) is 0.850. The minimum atomic E-state index is -2.93. The summed E-state index contributed by atoms with van der Waals surface area (Å²) in [4.78, 5) is 12.6. The van der Waals surface area contributed by atoms with Gasteiger partial charge in [0.2, 0.25) is 0 Å². The Hall–Kier alpha value is -0.880. The first kappa shape index (κ1) is 18.5. The van der Waals surface area contributed by atoms with Crippen molar-refractivity contribution in [3.8, 4) is 0 Å². The molecular weight excluding hydrogens is 350 g/mol. The molecule has 2 N–H and O–H groups in total. The van der Waals surface area contributed by atoms with Gasteiger partial charge in [0.25, 0.3) is 0 Å². The van der Waals surface area contributed by atoms with Crippen LogP contribution in [0.1, 0.15) is 52.4 Å². The van der Waals surface area contributed by atoms with Gasteiger partial charge in [-0.05, 0) is 50.4 Å². The number of hydrogen-bond donors (Lipinski definition) is 1. The van der Waals surface area contributed by atoms with Gasteiger partial charge in [-0.25, -0.2) is 8.42 Å². The van der Waals surface area contributed by atoms with Crippen LogP contribution in [-0.2, 0) is 19.4 Å². The van der Waals surface area contributed by atoms with Crippen molar-refractivity contribution in [2.24, 2.45) is 23.2 Å². The number of allylic oxidation sites excluding steroid dienone is 1. The monoisotopic (exact) mass is 382 g/mol. The number of hydrogen-bond acceptors (Lipinski definition) is 4. The van der Waals surface area contributed by atoms with Crippen LogP contribution in [0.4, 0.5) is 0 Å². The zero-order chi connectivity index (χ0) is 18.7. The van der Waals surface area contributed by atoms with Crippen molar-refractivity contribution in [3.63, 3.8) is 0 Å². The van der Waals surface area contributed by atoms with Crippen molar-refractivity contribution >= 4 is 15.8 Å². The molecule has 0 bridgehead atoms. The maximum atomic E-state index is 12.6. The zero-order valence-corrected chi connectivity index (χ0v) is 16.8. The lowest BCUT2D eigenvalue weighted by Crippen LogP contribution is -2.97. The topological polar surface area (TPSA) is 77.0 Å². The van der Waals surface area contributed by atoms with Gasteiger partial charge < -0.3 is 10.1 Å². The van der Waals surface area contributed by atoms with Gasteiger partial charge in [0.05, 0.1) is 12.3 Å². The van der Waals surface area contributed by atoms with Crippen molar-refractivity contribution in [3.05, 3.63) is 12.2 Å². The second-order valence-electron chi connectivity index (χ2n) is 9.84. The molecule has 2 saturated heterocycles. The molecule has 0 aromatic heterocycles. The van der Waals surface area contributed by atoms with Gasteiger partial charge in [0, 0.05) is 12.3 Å². The number of fused-ring (bicyclic) bond motifs is 2. The molecule has 146 valence electrons. The van der Waals surface area contributed by atoms with Crippen LogP contribution >= 0.6 is 0 Å². The first-order valence-corrected chi connectivity index (χ1v) is 11.9. The summed E-state index contributed by atoms with van der Waals surface area (Å²) in [5.41, 5.74) is 1.28. The van der Waals surface area contributed by atoms with E-state index in [1.807, 2.05) is 6.92 Å². The van der Waals surface area contributed by atoms with E-state index >= 15 is 0 Å². The van der Waals surface area contributed by atoms with Crippen LogP contribution in [0.25, 0.3) is 0 Å². The Kier molecular flexibility index (Phi) is 4.31. The molecule has 2 saturated carbocycles. The van der Waals surface area contributed by atoms with Gasteiger partial charge in [-0.2, -0.15) is 0 Å². The summed E-state index contributed by atoms with van der Waals surface area (Å²) in [5.74, 6) is 1.05. The van der Waals surface area contributed by atoms with E-state index in [1.54, 1.807) is 0 Å². The average Bonchev–Trinajstić information content (AvgIpc) is 2.98. The Balaban J connectivity index is 1.47. The first-order valence-electron chi connectivity index (χ1n) is 10.0. The second kappa shape index (κ2) is 6.06. The third-order valence-electron chi connectivity index (χ3n) is 7.72. The molecule has 2 aliphatic carbocycles. The number of carbonyl (C=O) groups excluding carboxylic acids is 1. The van der Waals surface area contributed by atoms with Gasteiger partial charge in [0.1, 0.15) is 23.3 Å². The van der Waals surface area contributed by atoms with Crippen LogP contribution in [0.2, 0.25) is 0 Å². The number of quaternary nitrogens is 1. The molecule has 2 heterocycles. The molecule has 0 aromatic rings. The van der Waals surface area contributed by atoms with Gasteiger partial charge in [-0.3, -0.25) is 4.79 Å². The molecule has 4 rings (SSSR count). The molecule has 2 aliphatic heterocycles. The highest BCUT2D eigenvalue weighted by atomic mass is 32.2. The zero-order valence-electron chi connectivity index (χ0n) is 16.0. The van der Waals surface area contributed by atoms with Crippen molar-refractivity contribution in [2.45, 2.75) is 64.0 Å². The van der Waals surface area contributed by atoms with Crippen LogP contribution in [0, 0.1) is 23.2 Å². The molecule has 6 heteroatoms. The molecule has 4 aliphatic rings. The lowest BCUT2D eigenvalue weighted by atomic mass is 9.55. The highest BCUT2D eigenvalue weighted by Gasteiger charge is 2.56. The van der Waals surface area contributed by atoms with E-state index in [9.17, 15) is 13.2 Å². The largest absolute Gasteiger partial charge is 0.462 e. The lowest BCUT2D eigenvalue weighted by Gasteiger charge is -2.49. The van der Waals surface area contributed by atoms with Crippen molar-refractivity contribution in [1.29, 1.82) is 0 Å². The minimum absolute atomic E-state index is 0.0353. The Morgan fingerprint density at radius 3 is 2.77 bits per heavy atom. The number of ether oxygens (including phenoxy) is 1. The van der Waals surface area contributed by atoms with Crippen LogP contribution < -0.4 is 5.32 Å². The van der Waals surface area contributed by atoms with E-state index in [0.29, 0.717) is 18.9 Å². The number of esters is 1. The lowest BCUT2D eigenvalue weighted by molar-refractivity contribution is -0.722. The number of rotatable bonds is 3. The molecule has 5 nitrogen and oxygen atoms in total. The fourth-order valence-corrected chi connectivity index (χ4v) is 8.32. The van der Waals surface area contributed by atoms with E-state index in [0.717, 1.165) is 19.3 Å². The van der Waals surface area contributed by atoms with E-state index in [4.69, 9.17) is 4.74 Å². The van der Waals surface area contributed by atoms with E-state index < -0.39 is 9.84 Å². The summed E-state index contributed by atoms with van der Waals surface area (Å²) in [6, 6.07) is 0. The van der Waals surface area contributed by atoms with Crippen molar-refractivity contribution < 1.29 is 23.3 Å². The van der Waals surface area contributed by atoms with Crippen LogP contribution in [-0.4, -0.2) is 44.1 Å². The van der Waals surface area contributed by atoms with Crippen molar-refractivity contribution in [1.82, 2.24) is 0 Å². The fourth-order valence-electron chi connectivity index (χ4n) is 6.13. The summed E-state index contributed by atoms with van der Waals surface area (Å²) in [6.45, 7) is 9.33. The molecule has 0 spiro atoms. The molecule has 0 aromatic carbocycles. The van der Waals surface area contributed by atoms with Gasteiger partial charge in [0.15, 0.2) is 9.84 Å². The van der Waals surface area contributed by atoms with E-state index in [1.165, 1.54) is 18.4 Å². The SMILES string of the molecule is C=C1CCC[C@@]2(C)C[C@H]3OC(=O)[C@@H](C[NH2+][C@]4(C)CCS(=O)(=O)C4)[C@@H]3C[C@H]12. The molecule has 0 amide bonds. The summed E-state index contributed by atoms with van der Waals surface area (Å²) in [5, 5.41) is 2.11. The summed E-state index contributed by atoms with van der Waals surface area (Å²) >= 11 is 0. The van der Waals surface area contributed by atoms with Gasteiger partial charge in [-0.1, -0.05) is 19.1 Å². The van der Waals surface area contributed by atoms with E-state index in [2.05, 4.69) is 18.8 Å². The van der Waals surface area contributed by atoms with E-state index in [-0.39, 0.29) is 46.4 Å². The number of nitrogens with two attached hydrogens (primary N) is 1. The summed E-state index contributed by atoms with van der Waals surface area (Å²) in [7, 11) is -2.93. The van der Waals surface area contributed by atoms with Gasteiger partial charge >= 0.3 is 5.97 Å². The Morgan fingerprint density at radius 2 is 2.08 bits per heavy atom. The highest BCUT2D eigenvalue weighted by molar-refractivity contribution is 7.91. The number of carbonyl (C=O) groups is 1. The predicted octanol–water partition coefficient (Wildman–Crippen LogP) is 1.44. The molecular formula is C20H32NO4S+. The first-order chi connectivity index (χ1) is 12.1. The molecule has 26 heavy (non-hydrogen) atoms. The Morgan fingerprint density at radius 1 is 1.31 bits per heavy atom. The normalized spacial score (nSPS) is 47.3. The molecule has 6 atom stereocenters.